The van der Waals surface area contributed by atoms with Crippen LogP contribution in [0.3, 0.4) is 0 Å². The molecule has 0 aliphatic heterocycles. The smallest absolute Gasteiger partial charge is 0.0776 e. The van der Waals surface area contributed by atoms with E-state index in [0.29, 0.717) is 19.3 Å². The van der Waals surface area contributed by atoms with Gasteiger partial charge >= 0.3 is 0 Å². The molecule has 96 valence electrons. The fraction of sp³-hybridized carbons (Fsp3) is 1.00. The summed E-state index contributed by atoms with van der Waals surface area (Å²) in [5, 5.41) is 13.1. The second-order valence-corrected chi connectivity index (χ2v) is 5.22. The van der Waals surface area contributed by atoms with E-state index >= 15 is 0 Å². The molecule has 0 aromatic carbocycles. The summed E-state index contributed by atoms with van der Waals surface area (Å²) in [4.78, 5) is 0. The fourth-order valence-corrected chi connectivity index (χ4v) is 2.34. The Hall–Kier alpha value is -0.120. The van der Waals surface area contributed by atoms with Crippen LogP contribution >= 0.6 is 0 Å². The topological polar surface area (TPSA) is 41.5 Å². The minimum atomic E-state index is -0.262. The van der Waals surface area contributed by atoms with Crippen LogP contribution in [0, 0.1) is 5.92 Å². The summed E-state index contributed by atoms with van der Waals surface area (Å²) in [6.07, 6.45) is 5.95. The summed E-state index contributed by atoms with van der Waals surface area (Å²) < 4.78 is 5.44. The summed E-state index contributed by atoms with van der Waals surface area (Å²) in [5.74, 6) is 0.743. The summed E-state index contributed by atoms with van der Waals surface area (Å²) in [5.41, 5.74) is 0. The molecule has 0 heterocycles. The highest BCUT2D eigenvalue weighted by Crippen LogP contribution is 2.28. The Labute approximate surface area is 99.6 Å². The average Bonchev–Trinajstić information content (AvgIpc) is 2.69. The molecule has 1 unspecified atom stereocenters. The second-order valence-electron chi connectivity index (χ2n) is 5.22. The maximum Gasteiger partial charge on any atom is 0.0776 e. The molecule has 1 fully saturated rings. The van der Waals surface area contributed by atoms with Gasteiger partial charge in [0.1, 0.15) is 0 Å². The highest BCUT2D eigenvalue weighted by Gasteiger charge is 2.18. The molecule has 3 nitrogen and oxygen atoms in total. The Bertz CT molecular complexity index is 167. The van der Waals surface area contributed by atoms with Crippen LogP contribution in [0.15, 0.2) is 0 Å². The molecule has 1 aliphatic carbocycles. The monoisotopic (exact) mass is 229 g/mol. The molecular formula is C13H27NO2. The van der Waals surface area contributed by atoms with Crippen LogP contribution in [-0.2, 0) is 4.74 Å². The predicted molar refractivity (Wildman–Crippen MR) is 66.5 cm³/mol. The normalized spacial score (nSPS) is 19.5. The van der Waals surface area contributed by atoms with Gasteiger partial charge in [-0.05, 0) is 12.3 Å². The van der Waals surface area contributed by atoms with Crippen molar-refractivity contribution in [3.05, 3.63) is 0 Å². The van der Waals surface area contributed by atoms with E-state index < -0.39 is 0 Å². The zero-order valence-corrected chi connectivity index (χ0v) is 10.7. The largest absolute Gasteiger partial charge is 0.391 e. The quantitative estimate of drug-likeness (QED) is 0.625. The first-order chi connectivity index (χ1) is 7.68. The van der Waals surface area contributed by atoms with Gasteiger partial charge in [0.2, 0.25) is 0 Å². The van der Waals surface area contributed by atoms with Crippen molar-refractivity contribution in [3.8, 4) is 0 Å². The molecule has 0 saturated heterocycles. The number of ether oxygens (including phenoxy) is 1. The minimum Gasteiger partial charge on any atom is -0.391 e. The standard InChI is InChI=1S/C13H27NO2/c1-11(2)14-7-8-16-10-13(15)9-12-5-3-4-6-12/h11-15H,3-10H2,1-2H3. The Morgan fingerprint density at radius 2 is 2.00 bits per heavy atom. The first-order valence-corrected chi connectivity index (χ1v) is 6.67. The lowest BCUT2D eigenvalue weighted by Gasteiger charge is -2.15. The van der Waals surface area contributed by atoms with E-state index in [1.807, 2.05) is 0 Å². The van der Waals surface area contributed by atoms with Gasteiger partial charge < -0.3 is 15.2 Å². The van der Waals surface area contributed by atoms with Crippen LogP contribution in [0.25, 0.3) is 0 Å². The molecule has 0 aromatic heterocycles. The van der Waals surface area contributed by atoms with Gasteiger partial charge in [-0.3, -0.25) is 0 Å². The van der Waals surface area contributed by atoms with Crippen molar-refractivity contribution in [2.75, 3.05) is 19.8 Å². The minimum absolute atomic E-state index is 0.262. The third kappa shape index (κ3) is 6.46. The van der Waals surface area contributed by atoms with Gasteiger partial charge in [-0.25, -0.2) is 0 Å². The lowest BCUT2D eigenvalue weighted by atomic mass is 10.0. The van der Waals surface area contributed by atoms with Crippen molar-refractivity contribution in [1.82, 2.24) is 5.32 Å². The maximum atomic E-state index is 9.77. The van der Waals surface area contributed by atoms with E-state index in [4.69, 9.17) is 4.74 Å². The molecular weight excluding hydrogens is 202 g/mol. The Morgan fingerprint density at radius 1 is 1.31 bits per heavy atom. The average molecular weight is 229 g/mol. The van der Waals surface area contributed by atoms with E-state index in [9.17, 15) is 5.11 Å². The van der Waals surface area contributed by atoms with Crippen LogP contribution in [-0.4, -0.2) is 37.0 Å². The summed E-state index contributed by atoms with van der Waals surface area (Å²) in [7, 11) is 0. The van der Waals surface area contributed by atoms with E-state index in [0.717, 1.165) is 18.9 Å². The van der Waals surface area contributed by atoms with Gasteiger partial charge in [0.25, 0.3) is 0 Å². The van der Waals surface area contributed by atoms with E-state index in [1.54, 1.807) is 0 Å². The number of aliphatic hydroxyl groups is 1. The number of aliphatic hydroxyl groups excluding tert-OH is 1. The van der Waals surface area contributed by atoms with Crippen molar-refractivity contribution in [3.63, 3.8) is 0 Å². The number of nitrogens with one attached hydrogen (secondary N) is 1. The Balaban J connectivity index is 1.91. The molecule has 1 atom stereocenters. The van der Waals surface area contributed by atoms with Crippen molar-refractivity contribution in [2.45, 2.75) is 58.1 Å². The predicted octanol–water partition coefficient (Wildman–Crippen LogP) is 1.94. The summed E-state index contributed by atoms with van der Waals surface area (Å²) >= 11 is 0. The van der Waals surface area contributed by atoms with Gasteiger partial charge in [-0.2, -0.15) is 0 Å². The number of rotatable bonds is 8. The third-order valence-electron chi connectivity index (χ3n) is 3.19. The SMILES string of the molecule is CC(C)NCCOCC(O)CC1CCCC1. The van der Waals surface area contributed by atoms with Crippen LogP contribution in [0.4, 0.5) is 0 Å². The van der Waals surface area contributed by atoms with Crippen molar-refractivity contribution < 1.29 is 9.84 Å². The zero-order chi connectivity index (χ0) is 11.8. The first-order valence-electron chi connectivity index (χ1n) is 6.67. The van der Waals surface area contributed by atoms with Crippen molar-refractivity contribution in [1.29, 1.82) is 0 Å². The zero-order valence-electron chi connectivity index (χ0n) is 10.7. The molecule has 0 bridgehead atoms. The lowest BCUT2D eigenvalue weighted by molar-refractivity contribution is 0.0253. The molecule has 0 spiro atoms. The maximum absolute atomic E-state index is 9.77. The number of hydrogen-bond acceptors (Lipinski definition) is 3. The van der Waals surface area contributed by atoms with E-state index in [1.165, 1.54) is 25.7 Å². The Kier molecular flexibility index (Phi) is 7.01. The third-order valence-corrected chi connectivity index (χ3v) is 3.19. The van der Waals surface area contributed by atoms with Gasteiger partial charge in [-0.1, -0.05) is 39.5 Å². The van der Waals surface area contributed by atoms with Crippen LogP contribution in [0.2, 0.25) is 0 Å². The van der Waals surface area contributed by atoms with Crippen molar-refractivity contribution >= 4 is 0 Å². The van der Waals surface area contributed by atoms with Gasteiger partial charge in [-0.15, -0.1) is 0 Å². The van der Waals surface area contributed by atoms with Crippen molar-refractivity contribution in [2.24, 2.45) is 5.92 Å². The van der Waals surface area contributed by atoms with Crippen LogP contribution < -0.4 is 5.32 Å². The Morgan fingerprint density at radius 3 is 2.62 bits per heavy atom. The molecule has 0 aromatic rings. The second kappa shape index (κ2) is 8.04. The lowest BCUT2D eigenvalue weighted by Crippen LogP contribution is -2.28. The summed E-state index contributed by atoms with van der Waals surface area (Å²) in [6.45, 7) is 6.30. The van der Waals surface area contributed by atoms with E-state index in [2.05, 4.69) is 19.2 Å². The van der Waals surface area contributed by atoms with Gasteiger partial charge in [0, 0.05) is 12.6 Å². The highest BCUT2D eigenvalue weighted by atomic mass is 16.5. The number of hydrogen-bond donors (Lipinski definition) is 2. The molecule has 3 heteroatoms. The highest BCUT2D eigenvalue weighted by molar-refractivity contribution is 4.70. The van der Waals surface area contributed by atoms with E-state index in [-0.39, 0.29) is 6.10 Å². The summed E-state index contributed by atoms with van der Waals surface area (Å²) in [6, 6.07) is 0.506. The first kappa shape index (κ1) is 13.9. The van der Waals surface area contributed by atoms with Crippen LogP contribution in [0.1, 0.15) is 46.0 Å². The molecule has 1 saturated carbocycles. The van der Waals surface area contributed by atoms with Gasteiger partial charge in [0.05, 0.1) is 19.3 Å². The molecule has 1 rings (SSSR count). The fourth-order valence-electron chi connectivity index (χ4n) is 2.34. The molecule has 16 heavy (non-hydrogen) atoms. The molecule has 0 amide bonds. The van der Waals surface area contributed by atoms with Crippen LogP contribution in [0.5, 0.6) is 0 Å². The molecule has 2 N–H and O–H groups in total. The molecule has 0 radical (unpaired) electrons. The molecule has 1 aliphatic rings. The van der Waals surface area contributed by atoms with Gasteiger partial charge in [0.15, 0.2) is 0 Å².